The number of aryl methyl sites for hydroxylation is 1. The first-order chi connectivity index (χ1) is 8.56. The van der Waals surface area contributed by atoms with Crippen LogP contribution in [0.2, 0.25) is 0 Å². The Labute approximate surface area is 107 Å². The van der Waals surface area contributed by atoms with Gasteiger partial charge in [0.2, 0.25) is 5.89 Å². The van der Waals surface area contributed by atoms with Gasteiger partial charge in [-0.3, -0.25) is 0 Å². The molecule has 0 bridgehead atoms. The van der Waals surface area contributed by atoms with Crippen molar-refractivity contribution >= 4 is 6.03 Å². The first kappa shape index (κ1) is 12.9. The lowest BCUT2D eigenvalue weighted by atomic mass is 9.98. The number of likely N-dealkylation sites (tertiary alicyclic amines) is 1. The molecule has 1 aromatic heterocycles. The van der Waals surface area contributed by atoms with Crippen LogP contribution in [0, 0.1) is 6.92 Å². The summed E-state index contributed by atoms with van der Waals surface area (Å²) in [6.45, 7) is 7.17. The molecule has 1 aromatic rings. The molecule has 0 spiro atoms. The highest BCUT2D eigenvalue weighted by Crippen LogP contribution is 2.25. The van der Waals surface area contributed by atoms with E-state index in [9.17, 15) is 4.79 Å². The summed E-state index contributed by atoms with van der Waals surface area (Å²) in [4.78, 5) is 18.0. The Kier molecular flexibility index (Phi) is 3.84. The number of aromatic nitrogens is 2. The topological polar surface area (TPSA) is 71.3 Å². The van der Waals surface area contributed by atoms with Crippen molar-refractivity contribution in [3.05, 3.63) is 11.7 Å². The fraction of sp³-hybridized carbons (Fsp3) is 0.750. The van der Waals surface area contributed by atoms with E-state index in [1.165, 1.54) is 0 Å². The number of nitrogens with zero attached hydrogens (tertiary/aromatic N) is 3. The second kappa shape index (κ2) is 5.37. The number of urea groups is 1. The molecular weight excluding hydrogens is 232 g/mol. The van der Waals surface area contributed by atoms with E-state index in [2.05, 4.69) is 15.5 Å². The summed E-state index contributed by atoms with van der Waals surface area (Å²) in [6, 6.07) is 0.148. The van der Waals surface area contributed by atoms with Crippen LogP contribution in [-0.2, 0) is 0 Å². The molecule has 0 aromatic carbocycles. The highest BCUT2D eigenvalue weighted by Gasteiger charge is 2.28. The molecule has 0 unspecified atom stereocenters. The SMILES string of the molecule is Cc1noc([C@@H]2CCCN(C(=O)NC(C)C)C2)n1. The third kappa shape index (κ3) is 3.00. The summed E-state index contributed by atoms with van der Waals surface area (Å²) in [5.74, 6) is 1.46. The van der Waals surface area contributed by atoms with E-state index >= 15 is 0 Å². The minimum Gasteiger partial charge on any atom is -0.339 e. The highest BCUT2D eigenvalue weighted by atomic mass is 16.5. The van der Waals surface area contributed by atoms with E-state index in [1.54, 1.807) is 6.92 Å². The summed E-state index contributed by atoms with van der Waals surface area (Å²) in [7, 11) is 0. The number of hydrogen-bond acceptors (Lipinski definition) is 4. The number of amides is 2. The van der Waals surface area contributed by atoms with E-state index in [4.69, 9.17) is 4.52 Å². The number of nitrogens with one attached hydrogen (secondary N) is 1. The summed E-state index contributed by atoms with van der Waals surface area (Å²) < 4.78 is 5.19. The lowest BCUT2D eigenvalue weighted by Crippen LogP contribution is -2.47. The number of hydrogen-bond donors (Lipinski definition) is 1. The minimum absolute atomic E-state index is 0.00839. The van der Waals surface area contributed by atoms with Gasteiger partial charge in [-0.05, 0) is 33.6 Å². The quantitative estimate of drug-likeness (QED) is 0.869. The highest BCUT2D eigenvalue weighted by molar-refractivity contribution is 5.74. The minimum atomic E-state index is -0.00839. The van der Waals surface area contributed by atoms with Crippen molar-refractivity contribution in [1.29, 1.82) is 0 Å². The molecule has 100 valence electrons. The number of rotatable bonds is 2. The first-order valence-electron chi connectivity index (χ1n) is 6.42. The van der Waals surface area contributed by atoms with Crippen LogP contribution < -0.4 is 5.32 Å². The maximum Gasteiger partial charge on any atom is 0.317 e. The summed E-state index contributed by atoms with van der Waals surface area (Å²) >= 11 is 0. The van der Waals surface area contributed by atoms with Crippen LogP contribution in [-0.4, -0.2) is 40.2 Å². The van der Waals surface area contributed by atoms with Gasteiger partial charge in [0.1, 0.15) is 0 Å². The van der Waals surface area contributed by atoms with Crippen molar-refractivity contribution < 1.29 is 9.32 Å². The van der Waals surface area contributed by atoms with Gasteiger partial charge in [-0.15, -0.1) is 0 Å². The normalized spacial score (nSPS) is 20.2. The molecule has 1 atom stereocenters. The van der Waals surface area contributed by atoms with Crippen LogP contribution in [0.5, 0.6) is 0 Å². The fourth-order valence-electron chi connectivity index (χ4n) is 2.18. The Morgan fingerprint density at radius 3 is 2.94 bits per heavy atom. The van der Waals surface area contributed by atoms with Crippen LogP contribution in [0.4, 0.5) is 4.79 Å². The molecule has 2 amide bonds. The molecule has 1 fully saturated rings. The van der Waals surface area contributed by atoms with Gasteiger partial charge < -0.3 is 14.7 Å². The molecule has 1 aliphatic heterocycles. The van der Waals surface area contributed by atoms with E-state index < -0.39 is 0 Å². The average molecular weight is 252 g/mol. The number of piperidine rings is 1. The molecule has 0 radical (unpaired) electrons. The molecular formula is C12H20N4O2. The molecule has 2 heterocycles. The zero-order chi connectivity index (χ0) is 13.1. The second-order valence-corrected chi connectivity index (χ2v) is 5.07. The standard InChI is InChI=1S/C12H20N4O2/c1-8(2)13-12(17)16-6-4-5-10(7-16)11-14-9(3)15-18-11/h8,10H,4-7H2,1-3H3,(H,13,17)/t10-/m1/s1. The lowest BCUT2D eigenvalue weighted by Gasteiger charge is -2.31. The molecule has 18 heavy (non-hydrogen) atoms. The monoisotopic (exact) mass is 252 g/mol. The number of carbonyl (C=O) groups excluding carboxylic acids is 1. The van der Waals surface area contributed by atoms with Gasteiger partial charge in [0.05, 0.1) is 5.92 Å². The third-order valence-corrected chi connectivity index (χ3v) is 3.01. The zero-order valence-electron chi connectivity index (χ0n) is 11.1. The Hall–Kier alpha value is -1.59. The van der Waals surface area contributed by atoms with Gasteiger partial charge in [0.25, 0.3) is 0 Å². The van der Waals surface area contributed by atoms with Crippen molar-refractivity contribution in [2.45, 2.75) is 45.6 Å². The summed E-state index contributed by atoms with van der Waals surface area (Å²) in [5, 5.41) is 6.71. The van der Waals surface area contributed by atoms with Crippen molar-refractivity contribution in [2.75, 3.05) is 13.1 Å². The Morgan fingerprint density at radius 1 is 1.56 bits per heavy atom. The predicted octanol–water partition coefficient (Wildman–Crippen LogP) is 1.68. The van der Waals surface area contributed by atoms with Crippen LogP contribution in [0.15, 0.2) is 4.52 Å². The Balaban J connectivity index is 1.98. The van der Waals surface area contributed by atoms with E-state index in [0.29, 0.717) is 18.3 Å². The maximum atomic E-state index is 11.9. The third-order valence-electron chi connectivity index (χ3n) is 3.01. The van der Waals surface area contributed by atoms with E-state index in [1.807, 2.05) is 18.7 Å². The van der Waals surface area contributed by atoms with Gasteiger partial charge in [0.15, 0.2) is 5.82 Å². The molecule has 2 rings (SSSR count). The van der Waals surface area contributed by atoms with Gasteiger partial charge in [-0.25, -0.2) is 4.79 Å². The summed E-state index contributed by atoms with van der Waals surface area (Å²) in [5.41, 5.74) is 0. The maximum absolute atomic E-state index is 11.9. The zero-order valence-corrected chi connectivity index (χ0v) is 11.1. The van der Waals surface area contributed by atoms with E-state index in [0.717, 1.165) is 19.4 Å². The number of carbonyl (C=O) groups is 1. The molecule has 0 saturated carbocycles. The first-order valence-corrected chi connectivity index (χ1v) is 6.42. The average Bonchev–Trinajstić information content (AvgIpc) is 2.75. The lowest BCUT2D eigenvalue weighted by molar-refractivity contribution is 0.170. The fourth-order valence-corrected chi connectivity index (χ4v) is 2.18. The molecule has 1 saturated heterocycles. The molecule has 6 nitrogen and oxygen atoms in total. The molecule has 1 N–H and O–H groups in total. The van der Waals surface area contributed by atoms with Crippen molar-refractivity contribution in [2.24, 2.45) is 0 Å². The Bertz CT molecular complexity index is 416. The van der Waals surface area contributed by atoms with Crippen molar-refractivity contribution in [3.63, 3.8) is 0 Å². The van der Waals surface area contributed by atoms with Gasteiger partial charge >= 0.3 is 6.03 Å². The van der Waals surface area contributed by atoms with Crippen molar-refractivity contribution in [1.82, 2.24) is 20.4 Å². The van der Waals surface area contributed by atoms with Crippen molar-refractivity contribution in [3.8, 4) is 0 Å². The van der Waals surface area contributed by atoms with E-state index in [-0.39, 0.29) is 18.0 Å². The molecule has 6 heteroatoms. The van der Waals surface area contributed by atoms with Gasteiger partial charge in [-0.2, -0.15) is 4.98 Å². The predicted molar refractivity (Wildman–Crippen MR) is 66.3 cm³/mol. The van der Waals surface area contributed by atoms with Gasteiger partial charge in [0, 0.05) is 19.1 Å². The second-order valence-electron chi connectivity index (χ2n) is 5.07. The largest absolute Gasteiger partial charge is 0.339 e. The van der Waals surface area contributed by atoms with Gasteiger partial charge in [-0.1, -0.05) is 5.16 Å². The molecule has 1 aliphatic rings. The molecule has 0 aliphatic carbocycles. The Morgan fingerprint density at radius 2 is 2.33 bits per heavy atom. The van der Waals surface area contributed by atoms with Crippen LogP contribution in [0.1, 0.15) is 44.3 Å². The van der Waals surface area contributed by atoms with Crippen LogP contribution in [0.3, 0.4) is 0 Å². The van der Waals surface area contributed by atoms with Crippen LogP contribution in [0.25, 0.3) is 0 Å². The smallest absolute Gasteiger partial charge is 0.317 e. The van der Waals surface area contributed by atoms with Crippen LogP contribution >= 0.6 is 0 Å². The summed E-state index contributed by atoms with van der Waals surface area (Å²) in [6.07, 6.45) is 1.96.